The van der Waals surface area contributed by atoms with Crippen LogP contribution >= 0.6 is 0 Å². The van der Waals surface area contributed by atoms with Gasteiger partial charge in [-0.25, -0.2) is 4.79 Å². The van der Waals surface area contributed by atoms with Crippen molar-refractivity contribution >= 4 is 5.97 Å². The molecule has 0 fully saturated rings. The van der Waals surface area contributed by atoms with Gasteiger partial charge in [-0.2, -0.15) is 0 Å². The lowest BCUT2D eigenvalue weighted by Gasteiger charge is -2.14. The Morgan fingerprint density at radius 3 is 1.91 bits per heavy atom. The quantitative estimate of drug-likeness (QED) is 0.684. The molecule has 114 valence electrons. The highest BCUT2D eigenvalue weighted by atomic mass is 16.5. The summed E-state index contributed by atoms with van der Waals surface area (Å²) in [5, 5.41) is 0. The summed E-state index contributed by atoms with van der Waals surface area (Å²) in [6.07, 6.45) is 6.90. The Balaban J connectivity index is 2.23. The summed E-state index contributed by atoms with van der Waals surface area (Å²) in [6, 6.07) is 13.3. The van der Waals surface area contributed by atoms with Crippen molar-refractivity contribution in [2.45, 2.75) is 6.92 Å². The molecule has 0 unspecified atom stereocenters. The highest BCUT2D eigenvalue weighted by molar-refractivity contribution is 6.04. The van der Waals surface area contributed by atoms with E-state index >= 15 is 0 Å². The lowest BCUT2D eigenvalue weighted by molar-refractivity contribution is 0.0528. The van der Waals surface area contributed by atoms with Crippen molar-refractivity contribution in [1.29, 1.82) is 0 Å². The number of ether oxygens (including phenoxy) is 1. The van der Waals surface area contributed by atoms with Crippen molar-refractivity contribution < 1.29 is 9.53 Å². The van der Waals surface area contributed by atoms with E-state index in [2.05, 4.69) is 9.97 Å². The fourth-order valence-corrected chi connectivity index (χ4v) is 2.50. The molecule has 2 heterocycles. The zero-order chi connectivity index (χ0) is 16.1. The third-order valence-electron chi connectivity index (χ3n) is 3.49. The van der Waals surface area contributed by atoms with Crippen LogP contribution in [0.2, 0.25) is 0 Å². The molecule has 23 heavy (non-hydrogen) atoms. The second-order valence-electron chi connectivity index (χ2n) is 4.93. The van der Waals surface area contributed by atoms with E-state index in [-0.39, 0.29) is 5.97 Å². The Hall–Kier alpha value is -3.01. The number of pyridine rings is 2. The molecule has 1 aromatic carbocycles. The molecule has 0 saturated carbocycles. The van der Waals surface area contributed by atoms with Gasteiger partial charge in [0.25, 0.3) is 0 Å². The van der Waals surface area contributed by atoms with Gasteiger partial charge in [0, 0.05) is 35.9 Å². The summed E-state index contributed by atoms with van der Waals surface area (Å²) in [7, 11) is 0. The largest absolute Gasteiger partial charge is 0.462 e. The van der Waals surface area contributed by atoms with Gasteiger partial charge in [0.05, 0.1) is 12.2 Å². The van der Waals surface area contributed by atoms with Crippen LogP contribution in [0.15, 0.2) is 67.3 Å². The predicted molar refractivity (Wildman–Crippen MR) is 88.9 cm³/mol. The summed E-state index contributed by atoms with van der Waals surface area (Å²) in [5.41, 5.74) is 3.90. The molecule has 2 aromatic heterocycles. The summed E-state index contributed by atoms with van der Waals surface area (Å²) in [4.78, 5) is 20.9. The molecule has 4 nitrogen and oxygen atoms in total. The summed E-state index contributed by atoms with van der Waals surface area (Å²) in [5.74, 6) is -0.342. The maximum atomic E-state index is 12.6. The van der Waals surface area contributed by atoms with Gasteiger partial charge in [-0.05, 0) is 30.2 Å². The normalized spacial score (nSPS) is 10.3. The van der Waals surface area contributed by atoms with E-state index in [1.165, 1.54) is 0 Å². The minimum atomic E-state index is -0.342. The number of esters is 1. The minimum Gasteiger partial charge on any atom is -0.462 e. The molecule has 0 bridgehead atoms. The minimum absolute atomic E-state index is 0.326. The predicted octanol–water partition coefficient (Wildman–Crippen LogP) is 3.99. The molecule has 3 rings (SSSR count). The molecule has 4 heteroatoms. The van der Waals surface area contributed by atoms with Gasteiger partial charge in [0.15, 0.2) is 0 Å². The standard InChI is InChI=1S/C19H16N2O2/c1-2-23-19(22)18-16(14-6-4-10-20-12-14)8-3-9-17(18)15-7-5-11-21-13-15/h3-13H,2H2,1H3. The first-order chi connectivity index (χ1) is 11.3. The SMILES string of the molecule is CCOC(=O)c1c(-c2cccnc2)cccc1-c1cccnc1. The van der Waals surface area contributed by atoms with Crippen LogP contribution in [-0.4, -0.2) is 22.5 Å². The zero-order valence-corrected chi connectivity index (χ0v) is 12.8. The number of hydrogen-bond donors (Lipinski definition) is 0. The van der Waals surface area contributed by atoms with Crippen LogP contribution in [0.5, 0.6) is 0 Å². The van der Waals surface area contributed by atoms with Crippen molar-refractivity contribution in [2.24, 2.45) is 0 Å². The molecular weight excluding hydrogens is 288 g/mol. The number of aromatic nitrogens is 2. The van der Waals surface area contributed by atoms with Crippen LogP contribution in [0, 0.1) is 0 Å². The van der Waals surface area contributed by atoms with E-state index in [9.17, 15) is 4.79 Å². The van der Waals surface area contributed by atoms with Crippen LogP contribution < -0.4 is 0 Å². The number of rotatable bonds is 4. The Kier molecular flexibility index (Phi) is 4.43. The topological polar surface area (TPSA) is 52.1 Å². The fraction of sp³-hybridized carbons (Fsp3) is 0.105. The van der Waals surface area contributed by atoms with E-state index < -0.39 is 0 Å². The number of benzene rings is 1. The molecule has 0 spiro atoms. The van der Waals surface area contributed by atoms with Crippen molar-refractivity contribution in [3.05, 3.63) is 72.8 Å². The number of hydrogen-bond acceptors (Lipinski definition) is 4. The lowest BCUT2D eigenvalue weighted by Crippen LogP contribution is -2.08. The molecule has 0 N–H and O–H groups in total. The zero-order valence-electron chi connectivity index (χ0n) is 12.8. The van der Waals surface area contributed by atoms with Crippen molar-refractivity contribution in [3.63, 3.8) is 0 Å². The van der Waals surface area contributed by atoms with Gasteiger partial charge in [-0.3, -0.25) is 9.97 Å². The maximum absolute atomic E-state index is 12.6. The highest BCUT2D eigenvalue weighted by Gasteiger charge is 2.19. The van der Waals surface area contributed by atoms with Gasteiger partial charge in [-0.15, -0.1) is 0 Å². The van der Waals surface area contributed by atoms with Gasteiger partial charge in [-0.1, -0.05) is 30.3 Å². The van der Waals surface area contributed by atoms with Crippen molar-refractivity contribution in [3.8, 4) is 22.3 Å². The Morgan fingerprint density at radius 2 is 1.48 bits per heavy atom. The van der Waals surface area contributed by atoms with E-state index in [1.54, 1.807) is 31.7 Å². The molecule has 3 aromatic rings. The highest BCUT2D eigenvalue weighted by Crippen LogP contribution is 2.32. The van der Waals surface area contributed by atoms with E-state index in [0.717, 1.165) is 22.3 Å². The molecule has 0 aliphatic heterocycles. The average molecular weight is 304 g/mol. The Labute approximate surface area is 134 Å². The lowest BCUT2D eigenvalue weighted by atomic mass is 9.93. The monoisotopic (exact) mass is 304 g/mol. The first kappa shape index (κ1) is 14.9. The van der Waals surface area contributed by atoms with Gasteiger partial charge in [0.1, 0.15) is 0 Å². The Morgan fingerprint density at radius 1 is 0.913 bits per heavy atom. The first-order valence-corrected chi connectivity index (χ1v) is 7.42. The van der Waals surface area contributed by atoms with Crippen LogP contribution in [0.25, 0.3) is 22.3 Å². The molecule has 0 aliphatic carbocycles. The smallest absolute Gasteiger partial charge is 0.339 e. The second kappa shape index (κ2) is 6.83. The first-order valence-electron chi connectivity index (χ1n) is 7.42. The van der Waals surface area contributed by atoms with E-state index in [1.807, 2.05) is 42.5 Å². The number of nitrogens with zero attached hydrogens (tertiary/aromatic N) is 2. The van der Waals surface area contributed by atoms with Gasteiger partial charge >= 0.3 is 5.97 Å². The molecule has 0 amide bonds. The molecule has 0 radical (unpaired) electrons. The Bertz CT molecular complexity index is 744. The van der Waals surface area contributed by atoms with Crippen LogP contribution in [-0.2, 0) is 4.74 Å². The molecule has 0 atom stereocenters. The number of carbonyl (C=O) groups excluding carboxylic acids is 1. The van der Waals surface area contributed by atoms with Crippen molar-refractivity contribution in [2.75, 3.05) is 6.61 Å². The van der Waals surface area contributed by atoms with E-state index in [4.69, 9.17) is 4.74 Å². The van der Waals surface area contributed by atoms with Gasteiger partial charge < -0.3 is 4.74 Å². The maximum Gasteiger partial charge on any atom is 0.339 e. The summed E-state index contributed by atoms with van der Waals surface area (Å²) < 4.78 is 5.27. The summed E-state index contributed by atoms with van der Waals surface area (Å²) >= 11 is 0. The van der Waals surface area contributed by atoms with Crippen LogP contribution in [0.4, 0.5) is 0 Å². The summed E-state index contributed by atoms with van der Waals surface area (Å²) in [6.45, 7) is 2.13. The van der Waals surface area contributed by atoms with E-state index in [0.29, 0.717) is 12.2 Å². The van der Waals surface area contributed by atoms with Crippen LogP contribution in [0.3, 0.4) is 0 Å². The third-order valence-corrected chi connectivity index (χ3v) is 3.49. The van der Waals surface area contributed by atoms with Crippen LogP contribution in [0.1, 0.15) is 17.3 Å². The average Bonchev–Trinajstić information content (AvgIpc) is 2.63. The fourth-order valence-electron chi connectivity index (χ4n) is 2.50. The molecular formula is C19H16N2O2. The molecule has 0 aliphatic rings. The molecule has 0 saturated heterocycles. The van der Waals surface area contributed by atoms with Crippen molar-refractivity contribution in [1.82, 2.24) is 9.97 Å². The second-order valence-corrected chi connectivity index (χ2v) is 4.93. The number of carbonyl (C=O) groups is 1. The van der Waals surface area contributed by atoms with Gasteiger partial charge in [0.2, 0.25) is 0 Å². The third kappa shape index (κ3) is 3.11.